The molecule has 94 valence electrons. The van der Waals surface area contributed by atoms with Crippen LogP contribution in [0.15, 0.2) is 12.1 Å². The molecule has 1 fully saturated rings. The maximum Gasteiger partial charge on any atom is 0.137 e. The fourth-order valence-corrected chi connectivity index (χ4v) is 2.00. The van der Waals surface area contributed by atoms with Crippen molar-refractivity contribution in [2.24, 2.45) is 0 Å². The first-order valence-electron chi connectivity index (χ1n) is 6.02. The van der Waals surface area contributed by atoms with Crippen molar-refractivity contribution in [3.05, 3.63) is 22.7 Å². The van der Waals surface area contributed by atoms with Gasteiger partial charge in [0.1, 0.15) is 5.75 Å². The summed E-state index contributed by atoms with van der Waals surface area (Å²) in [4.78, 5) is 0. The molecule has 0 aliphatic heterocycles. The van der Waals surface area contributed by atoms with Crippen LogP contribution >= 0.6 is 11.6 Å². The summed E-state index contributed by atoms with van der Waals surface area (Å²) in [5.41, 5.74) is 2.23. The summed E-state index contributed by atoms with van der Waals surface area (Å²) in [7, 11) is 1.63. The number of halogens is 1. The third-order valence-electron chi connectivity index (χ3n) is 2.95. The van der Waals surface area contributed by atoms with E-state index in [-0.39, 0.29) is 0 Å². The Morgan fingerprint density at radius 1 is 1.35 bits per heavy atom. The number of ether oxygens (including phenoxy) is 1. The molecule has 2 rings (SSSR count). The van der Waals surface area contributed by atoms with Crippen molar-refractivity contribution in [1.82, 2.24) is 5.32 Å². The van der Waals surface area contributed by atoms with Gasteiger partial charge in [-0.1, -0.05) is 11.6 Å². The lowest BCUT2D eigenvalue weighted by Crippen LogP contribution is -2.24. The number of benzene rings is 1. The van der Waals surface area contributed by atoms with Gasteiger partial charge < -0.3 is 15.4 Å². The molecular formula is C13H19ClN2O. The second-order valence-electron chi connectivity index (χ2n) is 4.46. The highest BCUT2D eigenvalue weighted by atomic mass is 35.5. The zero-order valence-electron chi connectivity index (χ0n) is 10.3. The largest absolute Gasteiger partial charge is 0.495 e. The smallest absolute Gasteiger partial charge is 0.137 e. The Morgan fingerprint density at radius 3 is 2.76 bits per heavy atom. The molecule has 1 aromatic carbocycles. The maximum absolute atomic E-state index is 6.09. The monoisotopic (exact) mass is 254 g/mol. The van der Waals surface area contributed by atoms with E-state index in [1.165, 1.54) is 12.8 Å². The van der Waals surface area contributed by atoms with E-state index in [1.807, 2.05) is 12.1 Å². The van der Waals surface area contributed by atoms with Crippen LogP contribution in [-0.2, 0) is 0 Å². The van der Waals surface area contributed by atoms with Gasteiger partial charge in [-0.25, -0.2) is 0 Å². The van der Waals surface area contributed by atoms with Crippen LogP contribution in [-0.4, -0.2) is 26.2 Å². The molecule has 1 saturated carbocycles. The number of nitrogens with one attached hydrogen (secondary N) is 2. The minimum atomic E-state index is 0.649. The Labute approximate surface area is 107 Å². The molecule has 0 saturated heterocycles. The summed E-state index contributed by atoms with van der Waals surface area (Å²) >= 11 is 6.09. The average Bonchev–Trinajstić information content (AvgIpc) is 3.12. The van der Waals surface area contributed by atoms with E-state index in [9.17, 15) is 0 Å². The zero-order valence-corrected chi connectivity index (χ0v) is 11.1. The van der Waals surface area contributed by atoms with Gasteiger partial charge >= 0.3 is 0 Å². The quantitative estimate of drug-likeness (QED) is 0.766. The predicted molar refractivity (Wildman–Crippen MR) is 72.3 cm³/mol. The van der Waals surface area contributed by atoms with E-state index in [2.05, 4.69) is 17.6 Å². The topological polar surface area (TPSA) is 33.3 Å². The molecule has 0 atom stereocenters. The van der Waals surface area contributed by atoms with Crippen molar-refractivity contribution >= 4 is 17.3 Å². The third kappa shape index (κ3) is 3.51. The van der Waals surface area contributed by atoms with Crippen molar-refractivity contribution in [2.45, 2.75) is 25.8 Å². The van der Waals surface area contributed by atoms with Crippen LogP contribution in [0.1, 0.15) is 18.4 Å². The third-order valence-corrected chi connectivity index (χ3v) is 3.24. The molecule has 0 unspecified atom stereocenters. The van der Waals surface area contributed by atoms with Crippen molar-refractivity contribution < 1.29 is 4.74 Å². The first-order valence-corrected chi connectivity index (χ1v) is 6.40. The van der Waals surface area contributed by atoms with Crippen molar-refractivity contribution in [2.75, 3.05) is 25.5 Å². The zero-order chi connectivity index (χ0) is 12.3. The van der Waals surface area contributed by atoms with E-state index in [0.717, 1.165) is 36.1 Å². The Balaban J connectivity index is 1.88. The van der Waals surface area contributed by atoms with Crippen LogP contribution in [0.4, 0.5) is 5.69 Å². The molecular weight excluding hydrogens is 236 g/mol. The number of hydrogen-bond acceptors (Lipinski definition) is 3. The van der Waals surface area contributed by atoms with Gasteiger partial charge in [0.05, 0.1) is 12.1 Å². The van der Waals surface area contributed by atoms with Crippen LogP contribution in [0.3, 0.4) is 0 Å². The van der Waals surface area contributed by atoms with Gasteiger partial charge in [-0.2, -0.15) is 0 Å². The highest BCUT2D eigenvalue weighted by Crippen LogP contribution is 2.30. The lowest BCUT2D eigenvalue weighted by atomic mass is 10.2. The van der Waals surface area contributed by atoms with E-state index in [4.69, 9.17) is 16.3 Å². The van der Waals surface area contributed by atoms with Gasteiger partial charge in [-0.3, -0.25) is 0 Å². The predicted octanol–water partition coefficient (Wildman–Crippen LogP) is 2.82. The van der Waals surface area contributed by atoms with Gasteiger partial charge in [0, 0.05) is 24.8 Å². The Hall–Kier alpha value is -0.930. The van der Waals surface area contributed by atoms with Crippen LogP contribution in [0.2, 0.25) is 5.02 Å². The Kier molecular flexibility index (Phi) is 4.13. The highest BCUT2D eigenvalue weighted by molar-refractivity contribution is 6.32. The molecule has 0 aromatic heterocycles. The van der Waals surface area contributed by atoms with Gasteiger partial charge in [-0.15, -0.1) is 0 Å². The number of hydrogen-bond donors (Lipinski definition) is 2. The molecule has 0 bridgehead atoms. The van der Waals surface area contributed by atoms with Crippen LogP contribution < -0.4 is 15.4 Å². The molecule has 1 aromatic rings. The van der Waals surface area contributed by atoms with Crippen molar-refractivity contribution in [3.8, 4) is 5.75 Å². The molecule has 0 radical (unpaired) electrons. The van der Waals surface area contributed by atoms with Gasteiger partial charge in [0.2, 0.25) is 0 Å². The summed E-state index contributed by atoms with van der Waals surface area (Å²) in [6, 6.07) is 4.64. The molecule has 0 spiro atoms. The molecule has 1 aliphatic rings. The molecule has 0 heterocycles. The fourth-order valence-electron chi connectivity index (χ4n) is 1.76. The normalized spacial score (nSPS) is 14.8. The summed E-state index contributed by atoms with van der Waals surface area (Å²) in [5, 5.41) is 7.50. The van der Waals surface area contributed by atoms with Crippen molar-refractivity contribution in [1.29, 1.82) is 0 Å². The van der Waals surface area contributed by atoms with Crippen LogP contribution in [0.5, 0.6) is 5.75 Å². The maximum atomic E-state index is 6.09. The molecule has 3 nitrogen and oxygen atoms in total. The van der Waals surface area contributed by atoms with Crippen LogP contribution in [0, 0.1) is 6.92 Å². The van der Waals surface area contributed by atoms with Gasteiger partial charge in [-0.05, 0) is 37.5 Å². The minimum absolute atomic E-state index is 0.649. The molecule has 4 heteroatoms. The fraction of sp³-hybridized carbons (Fsp3) is 0.538. The summed E-state index contributed by atoms with van der Waals surface area (Å²) in [6.45, 7) is 3.96. The summed E-state index contributed by atoms with van der Waals surface area (Å²) in [6.07, 6.45) is 2.65. The van der Waals surface area contributed by atoms with Gasteiger partial charge in [0.25, 0.3) is 0 Å². The van der Waals surface area contributed by atoms with Gasteiger partial charge in [0.15, 0.2) is 0 Å². The summed E-state index contributed by atoms with van der Waals surface area (Å²) in [5.74, 6) is 0.728. The van der Waals surface area contributed by atoms with Crippen LogP contribution in [0.25, 0.3) is 0 Å². The number of methoxy groups -OCH3 is 1. The lowest BCUT2D eigenvalue weighted by molar-refractivity contribution is 0.415. The standard InChI is InChI=1S/C13H19ClN2O/c1-9-7-13(17-2)11(14)8-12(9)16-6-5-15-10-3-4-10/h7-8,10,15-16H,3-6H2,1-2H3. The summed E-state index contributed by atoms with van der Waals surface area (Å²) < 4.78 is 5.17. The van der Waals surface area contributed by atoms with E-state index >= 15 is 0 Å². The number of rotatable bonds is 6. The second kappa shape index (κ2) is 5.61. The molecule has 1 aliphatic carbocycles. The van der Waals surface area contributed by atoms with Crippen molar-refractivity contribution in [3.63, 3.8) is 0 Å². The van der Waals surface area contributed by atoms with E-state index < -0.39 is 0 Å². The lowest BCUT2D eigenvalue weighted by Gasteiger charge is -2.12. The van der Waals surface area contributed by atoms with E-state index in [0.29, 0.717) is 5.02 Å². The Bertz CT molecular complexity index is 391. The highest BCUT2D eigenvalue weighted by Gasteiger charge is 2.19. The molecule has 0 amide bonds. The molecule has 17 heavy (non-hydrogen) atoms. The SMILES string of the molecule is COc1cc(C)c(NCCNC2CC2)cc1Cl. The molecule has 2 N–H and O–H groups in total. The minimum Gasteiger partial charge on any atom is -0.495 e. The van der Waals surface area contributed by atoms with E-state index in [1.54, 1.807) is 7.11 Å². The first kappa shape index (κ1) is 12.5. The Morgan fingerprint density at radius 2 is 2.12 bits per heavy atom. The first-order chi connectivity index (χ1) is 8.20. The second-order valence-corrected chi connectivity index (χ2v) is 4.86. The average molecular weight is 255 g/mol. The number of aryl methyl sites for hydroxylation is 1. The number of anilines is 1.